The molecule has 3 N–H and O–H groups in total. The van der Waals surface area contributed by atoms with Crippen LogP contribution in [0.1, 0.15) is 71.2 Å². The summed E-state index contributed by atoms with van der Waals surface area (Å²) in [7, 11) is 0. The predicted octanol–water partition coefficient (Wildman–Crippen LogP) is 4.05. The van der Waals surface area contributed by atoms with Crippen LogP contribution < -0.4 is 11.1 Å². The molecule has 0 saturated heterocycles. The second-order valence-corrected chi connectivity index (χ2v) is 7.88. The van der Waals surface area contributed by atoms with Crippen molar-refractivity contribution in [1.29, 1.82) is 0 Å². The number of hydrogen-bond acceptors (Lipinski definition) is 4. The van der Waals surface area contributed by atoms with Crippen LogP contribution in [-0.2, 0) is 5.41 Å². The van der Waals surface area contributed by atoms with Crippen molar-refractivity contribution in [2.45, 2.75) is 72.1 Å². The lowest BCUT2D eigenvalue weighted by Gasteiger charge is -2.34. The predicted molar refractivity (Wildman–Crippen MR) is 89.6 cm³/mol. The van der Waals surface area contributed by atoms with Crippen molar-refractivity contribution >= 4 is 11.6 Å². The summed E-state index contributed by atoms with van der Waals surface area (Å²) < 4.78 is 0. The van der Waals surface area contributed by atoms with E-state index in [0.717, 1.165) is 23.8 Å². The maximum Gasteiger partial charge on any atom is 0.138 e. The molecule has 0 spiro atoms. The largest absolute Gasteiger partial charge is 0.383 e. The first-order chi connectivity index (χ1) is 9.71. The van der Waals surface area contributed by atoms with Gasteiger partial charge in [0.2, 0.25) is 0 Å². The van der Waals surface area contributed by atoms with Gasteiger partial charge in [0.1, 0.15) is 17.5 Å². The van der Waals surface area contributed by atoms with E-state index in [1.54, 1.807) is 0 Å². The summed E-state index contributed by atoms with van der Waals surface area (Å²) in [6.07, 6.45) is 6.66. The van der Waals surface area contributed by atoms with E-state index in [9.17, 15) is 0 Å². The van der Waals surface area contributed by atoms with E-state index >= 15 is 0 Å². The van der Waals surface area contributed by atoms with Gasteiger partial charge in [0.05, 0.1) is 0 Å². The van der Waals surface area contributed by atoms with Gasteiger partial charge in [-0.25, -0.2) is 9.97 Å². The summed E-state index contributed by atoms with van der Waals surface area (Å²) in [5.74, 6) is 2.30. The highest BCUT2D eigenvalue weighted by atomic mass is 15.1. The Kier molecular flexibility index (Phi) is 4.45. The van der Waals surface area contributed by atoms with Crippen molar-refractivity contribution in [1.82, 2.24) is 9.97 Å². The highest BCUT2D eigenvalue weighted by molar-refractivity contribution is 5.55. The Morgan fingerprint density at radius 3 is 2.33 bits per heavy atom. The van der Waals surface area contributed by atoms with Crippen LogP contribution in [-0.4, -0.2) is 16.5 Å². The van der Waals surface area contributed by atoms with Gasteiger partial charge in [-0.1, -0.05) is 47.0 Å². The molecule has 0 amide bonds. The van der Waals surface area contributed by atoms with Crippen LogP contribution in [0.4, 0.5) is 11.6 Å². The van der Waals surface area contributed by atoms with E-state index in [0.29, 0.717) is 11.2 Å². The molecule has 1 aliphatic carbocycles. The van der Waals surface area contributed by atoms with Gasteiger partial charge < -0.3 is 11.1 Å². The minimum absolute atomic E-state index is 0.0903. The van der Waals surface area contributed by atoms with Crippen LogP contribution in [0, 0.1) is 12.3 Å². The number of nitrogens with one attached hydrogen (secondary N) is 1. The van der Waals surface area contributed by atoms with Crippen LogP contribution in [0.25, 0.3) is 0 Å². The lowest BCUT2D eigenvalue weighted by molar-refractivity contribution is 0.233. The monoisotopic (exact) mass is 290 g/mol. The van der Waals surface area contributed by atoms with Crippen LogP contribution in [0.15, 0.2) is 0 Å². The lowest BCUT2D eigenvalue weighted by Crippen LogP contribution is -2.30. The molecule has 0 atom stereocenters. The molecule has 0 bridgehead atoms. The normalized spacial score (nSPS) is 18.5. The lowest BCUT2D eigenvalue weighted by atomic mass is 9.76. The molecule has 21 heavy (non-hydrogen) atoms. The van der Waals surface area contributed by atoms with Crippen molar-refractivity contribution in [2.75, 3.05) is 17.6 Å². The molecule has 1 aromatic heterocycles. The summed E-state index contributed by atoms with van der Waals surface area (Å²) >= 11 is 0. The molecule has 4 nitrogen and oxygen atoms in total. The van der Waals surface area contributed by atoms with E-state index in [2.05, 4.69) is 38.0 Å². The van der Waals surface area contributed by atoms with Crippen LogP contribution >= 0.6 is 0 Å². The van der Waals surface area contributed by atoms with E-state index in [1.165, 1.54) is 32.1 Å². The maximum atomic E-state index is 6.07. The van der Waals surface area contributed by atoms with Crippen molar-refractivity contribution in [3.8, 4) is 0 Å². The third kappa shape index (κ3) is 3.86. The Bertz CT molecular complexity index is 496. The Labute approximate surface area is 128 Å². The fourth-order valence-electron chi connectivity index (χ4n) is 2.92. The molecule has 0 aliphatic heterocycles. The molecule has 4 heteroatoms. The Morgan fingerprint density at radius 2 is 1.76 bits per heavy atom. The summed E-state index contributed by atoms with van der Waals surface area (Å²) in [4.78, 5) is 9.16. The number of nitrogen functional groups attached to an aromatic ring is 1. The van der Waals surface area contributed by atoms with Gasteiger partial charge >= 0.3 is 0 Å². The highest BCUT2D eigenvalue weighted by Gasteiger charge is 2.27. The summed E-state index contributed by atoms with van der Waals surface area (Å²) in [5.41, 5.74) is 7.32. The molecule has 0 unspecified atom stereocenters. The topological polar surface area (TPSA) is 63.8 Å². The molecular weight excluding hydrogens is 260 g/mol. The second-order valence-electron chi connectivity index (χ2n) is 7.88. The zero-order valence-electron chi connectivity index (χ0n) is 14.2. The Balaban J connectivity index is 2.17. The second kappa shape index (κ2) is 5.82. The standard InChI is InChI=1S/C17H30N4/c1-12-13(18)20-15(16(2,3)4)21-14(12)19-11-17(5)9-7-6-8-10-17/h6-11H2,1-5H3,(H3,18,19,20,21). The highest BCUT2D eigenvalue weighted by Crippen LogP contribution is 2.36. The first-order valence-electron chi connectivity index (χ1n) is 8.10. The van der Waals surface area contributed by atoms with Crippen molar-refractivity contribution < 1.29 is 0 Å². The van der Waals surface area contributed by atoms with Crippen LogP contribution in [0.5, 0.6) is 0 Å². The summed E-state index contributed by atoms with van der Waals surface area (Å²) in [5, 5.41) is 3.55. The number of nitrogens with zero attached hydrogens (tertiary/aromatic N) is 2. The minimum Gasteiger partial charge on any atom is -0.383 e. The van der Waals surface area contributed by atoms with Crippen molar-refractivity contribution in [3.05, 3.63) is 11.4 Å². The average molecular weight is 290 g/mol. The van der Waals surface area contributed by atoms with Crippen LogP contribution in [0.2, 0.25) is 0 Å². The van der Waals surface area contributed by atoms with Crippen molar-refractivity contribution in [2.24, 2.45) is 5.41 Å². The van der Waals surface area contributed by atoms with Gasteiger partial charge in [-0.05, 0) is 25.2 Å². The summed E-state index contributed by atoms with van der Waals surface area (Å²) in [6.45, 7) is 11.7. The van der Waals surface area contributed by atoms with Crippen LogP contribution in [0.3, 0.4) is 0 Å². The van der Waals surface area contributed by atoms with E-state index in [4.69, 9.17) is 10.7 Å². The molecule has 118 valence electrons. The third-order valence-corrected chi connectivity index (χ3v) is 4.60. The molecule has 1 saturated carbocycles. The van der Waals surface area contributed by atoms with Gasteiger partial charge in [-0.15, -0.1) is 0 Å². The zero-order valence-corrected chi connectivity index (χ0v) is 14.2. The zero-order chi connectivity index (χ0) is 15.7. The quantitative estimate of drug-likeness (QED) is 0.881. The maximum absolute atomic E-state index is 6.07. The molecule has 0 radical (unpaired) electrons. The average Bonchev–Trinajstić information content (AvgIpc) is 2.40. The van der Waals surface area contributed by atoms with E-state index in [1.807, 2.05) is 6.92 Å². The third-order valence-electron chi connectivity index (χ3n) is 4.60. The molecule has 1 aromatic rings. The SMILES string of the molecule is Cc1c(N)nc(C(C)(C)C)nc1NCC1(C)CCCCC1. The first kappa shape index (κ1) is 16.1. The minimum atomic E-state index is -0.0903. The number of aromatic nitrogens is 2. The van der Waals surface area contributed by atoms with Crippen molar-refractivity contribution in [3.63, 3.8) is 0 Å². The van der Waals surface area contributed by atoms with Gasteiger partial charge in [0, 0.05) is 17.5 Å². The fraction of sp³-hybridized carbons (Fsp3) is 0.765. The van der Waals surface area contributed by atoms with E-state index < -0.39 is 0 Å². The van der Waals surface area contributed by atoms with Gasteiger partial charge in [-0.2, -0.15) is 0 Å². The molecule has 2 rings (SSSR count). The Morgan fingerprint density at radius 1 is 1.14 bits per heavy atom. The smallest absolute Gasteiger partial charge is 0.138 e. The molecule has 1 aliphatic rings. The molecule has 1 heterocycles. The molecule has 1 fully saturated rings. The molecule has 0 aromatic carbocycles. The number of nitrogens with two attached hydrogens (primary N) is 1. The number of rotatable bonds is 3. The summed E-state index contributed by atoms with van der Waals surface area (Å²) in [6, 6.07) is 0. The fourth-order valence-corrected chi connectivity index (χ4v) is 2.92. The van der Waals surface area contributed by atoms with Gasteiger partial charge in [0.25, 0.3) is 0 Å². The Hall–Kier alpha value is -1.32. The van der Waals surface area contributed by atoms with E-state index in [-0.39, 0.29) is 5.41 Å². The molecular formula is C17H30N4. The van der Waals surface area contributed by atoms with Gasteiger partial charge in [-0.3, -0.25) is 0 Å². The van der Waals surface area contributed by atoms with Gasteiger partial charge in [0.15, 0.2) is 0 Å². The number of anilines is 2. The first-order valence-corrected chi connectivity index (χ1v) is 8.10. The number of hydrogen-bond donors (Lipinski definition) is 2.